The molecule has 0 aromatic carbocycles. The van der Waals surface area contributed by atoms with Crippen LogP contribution in [0.5, 0.6) is 0 Å². The zero-order valence-corrected chi connectivity index (χ0v) is 12.0. The van der Waals surface area contributed by atoms with Crippen molar-refractivity contribution in [2.24, 2.45) is 5.73 Å². The van der Waals surface area contributed by atoms with Gasteiger partial charge in [-0.15, -0.1) is 0 Å². The first-order chi connectivity index (χ1) is 8.75. The van der Waals surface area contributed by atoms with Gasteiger partial charge in [-0.3, -0.25) is 0 Å². The molecule has 6 heteroatoms. The lowest BCUT2D eigenvalue weighted by molar-refractivity contribution is -0.127. The molecule has 0 aromatic heterocycles. The highest BCUT2D eigenvalue weighted by atomic mass is 16.5. The highest BCUT2D eigenvalue weighted by Crippen LogP contribution is 2.16. The van der Waals surface area contributed by atoms with Gasteiger partial charge in [-0.05, 0) is 46.2 Å². The Balaban J connectivity index is 0.000000312. The summed E-state index contributed by atoms with van der Waals surface area (Å²) in [7, 11) is 0. The molecule has 2 saturated heterocycles. The monoisotopic (exact) mass is 276 g/mol. The van der Waals surface area contributed by atoms with Crippen LogP contribution in [0.3, 0.4) is 0 Å². The van der Waals surface area contributed by atoms with Crippen LogP contribution < -0.4 is 5.73 Å². The summed E-state index contributed by atoms with van der Waals surface area (Å²) in [5.74, 6) is -1.50. The highest BCUT2D eigenvalue weighted by molar-refractivity contribution is 4.81. The first-order valence-electron chi connectivity index (χ1n) is 6.98. The van der Waals surface area contributed by atoms with Gasteiger partial charge in [0.1, 0.15) is 0 Å². The van der Waals surface area contributed by atoms with E-state index in [1.54, 1.807) is 0 Å². The molecule has 0 spiro atoms. The van der Waals surface area contributed by atoms with E-state index in [-0.39, 0.29) is 12.2 Å². The molecule has 0 amide bonds. The summed E-state index contributed by atoms with van der Waals surface area (Å²) in [6.07, 6.45) is 2.71. The Kier molecular flexibility index (Phi) is 6.65. The predicted molar refractivity (Wildman–Crippen MR) is 72.5 cm³/mol. The number of piperidine rings is 1. The van der Waals surface area contributed by atoms with Crippen LogP contribution in [0.2, 0.25) is 0 Å². The molecule has 2 heterocycles. The van der Waals surface area contributed by atoms with E-state index in [0.29, 0.717) is 12.6 Å². The van der Waals surface area contributed by atoms with Crippen LogP contribution in [-0.4, -0.2) is 70.5 Å². The van der Waals surface area contributed by atoms with E-state index >= 15 is 0 Å². The lowest BCUT2D eigenvalue weighted by atomic mass is 10.1. The van der Waals surface area contributed by atoms with Gasteiger partial charge in [0.05, 0.1) is 12.2 Å². The molecule has 19 heavy (non-hydrogen) atoms. The van der Waals surface area contributed by atoms with Crippen molar-refractivity contribution >= 4 is 0 Å². The molecule has 0 bridgehead atoms. The Morgan fingerprint density at radius 1 is 1.21 bits per heavy atom. The summed E-state index contributed by atoms with van der Waals surface area (Å²) in [5.41, 5.74) is 5.83. The number of hydrogen-bond acceptors (Lipinski definition) is 6. The molecular weight excluding hydrogens is 248 g/mol. The summed E-state index contributed by atoms with van der Waals surface area (Å²) in [6, 6.07) is 0.376. The fourth-order valence-corrected chi connectivity index (χ4v) is 2.20. The van der Waals surface area contributed by atoms with Gasteiger partial charge >= 0.3 is 0 Å². The van der Waals surface area contributed by atoms with Crippen molar-refractivity contribution in [1.82, 2.24) is 4.90 Å². The van der Waals surface area contributed by atoms with E-state index in [9.17, 15) is 5.11 Å². The Morgan fingerprint density at radius 2 is 1.74 bits per heavy atom. The van der Waals surface area contributed by atoms with E-state index in [1.807, 2.05) is 0 Å². The molecule has 2 aliphatic rings. The minimum absolute atomic E-state index is 0.0318. The third-order valence-electron chi connectivity index (χ3n) is 3.25. The molecule has 2 fully saturated rings. The van der Waals surface area contributed by atoms with Gasteiger partial charge in [-0.25, -0.2) is 0 Å². The first-order valence-corrected chi connectivity index (χ1v) is 6.98. The van der Waals surface area contributed by atoms with Crippen LogP contribution in [0.25, 0.3) is 0 Å². The van der Waals surface area contributed by atoms with Crippen molar-refractivity contribution in [1.29, 1.82) is 0 Å². The molecule has 0 radical (unpaired) electrons. The summed E-state index contributed by atoms with van der Waals surface area (Å²) < 4.78 is 5.47. The smallest absolute Gasteiger partial charge is 0.156 e. The minimum Gasteiger partial charge on any atom is -0.390 e. The summed E-state index contributed by atoms with van der Waals surface area (Å²) in [6.45, 7) is 6.27. The molecule has 0 saturated carbocycles. The standard InChI is InChI=1S/C10H20N2O2.C3H8O2/c11-8-1-4-12(5-2-8)7-10-9(13)3-6-14-10;1-3(2,4)5/h8-10,13H,1-7,11H2;4-5H,1-2H3. The van der Waals surface area contributed by atoms with Gasteiger partial charge in [0.2, 0.25) is 0 Å². The van der Waals surface area contributed by atoms with E-state index in [0.717, 1.165) is 38.9 Å². The Bertz CT molecular complexity index is 244. The SMILES string of the molecule is CC(C)(O)O.NC1CCN(CC2OCCC2O)CC1. The quantitative estimate of drug-likeness (QED) is 0.496. The summed E-state index contributed by atoms with van der Waals surface area (Å²) in [4.78, 5) is 2.35. The van der Waals surface area contributed by atoms with Gasteiger partial charge in [-0.1, -0.05) is 0 Å². The summed E-state index contributed by atoms with van der Waals surface area (Å²) >= 11 is 0. The molecule has 2 rings (SSSR count). The van der Waals surface area contributed by atoms with Crippen molar-refractivity contribution in [3.8, 4) is 0 Å². The molecule has 2 unspecified atom stereocenters. The lowest BCUT2D eigenvalue weighted by Gasteiger charge is -2.32. The second kappa shape index (κ2) is 7.52. The zero-order chi connectivity index (χ0) is 14.5. The Morgan fingerprint density at radius 3 is 2.16 bits per heavy atom. The second-order valence-corrected chi connectivity index (χ2v) is 5.90. The number of ether oxygens (including phenoxy) is 1. The average molecular weight is 276 g/mol. The molecule has 6 nitrogen and oxygen atoms in total. The lowest BCUT2D eigenvalue weighted by Crippen LogP contribution is -2.44. The van der Waals surface area contributed by atoms with Crippen LogP contribution in [0, 0.1) is 0 Å². The molecular formula is C13H28N2O4. The highest BCUT2D eigenvalue weighted by Gasteiger charge is 2.29. The molecule has 114 valence electrons. The van der Waals surface area contributed by atoms with Gasteiger partial charge in [0.25, 0.3) is 0 Å². The van der Waals surface area contributed by atoms with Crippen molar-refractivity contribution in [3.63, 3.8) is 0 Å². The number of nitrogens with two attached hydrogens (primary N) is 1. The Labute approximate surface area is 115 Å². The third-order valence-corrected chi connectivity index (χ3v) is 3.25. The van der Waals surface area contributed by atoms with E-state index in [4.69, 9.17) is 20.7 Å². The van der Waals surface area contributed by atoms with E-state index in [2.05, 4.69) is 4.90 Å². The van der Waals surface area contributed by atoms with Gasteiger partial charge in [0, 0.05) is 19.2 Å². The fraction of sp³-hybridized carbons (Fsp3) is 1.00. The number of aliphatic hydroxyl groups is 3. The van der Waals surface area contributed by atoms with E-state index < -0.39 is 5.79 Å². The maximum Gasteiger partial charge on any atom is 0.156 e. The maximum absolute atomic E-state index is 9.60. The predicted octanol–water partition coefficient (Wildman–Crippen LogP) is -0.734. The number of likely N-dealkylation sites (tertiary alicyclic amines) is 1. The summed E-state index contributed by atoms with van der Waals surface area (Å²) in [5, 5.41) is 25.7. The van der Waals surface area contributed by atoms with Crippen molar-refractivity contribution in [3.05, 3.63) is 0 Å². The molecule has 2 aliphatic heterocycles. The zero-order valence-electron chi connectivity index (χ0n) is 12.0. The normalized spacial score (nSPS) is 30.0. The van der Waals surface area contributed by atoms with Crippen LogP contribution in [0.4, 0.5) is 0 Å². The largest absolute Gasteiger partial charge is 0.390 e. The number of nitrogens with zero attached hydrogens (tertiary/aromatic N) is 1. The van der Waals surface area contributed by atoms with Crippen molar-refractivity contribution in [2.75, 3.05) is 26.2 Å². The fourth-order valence-electron chi connectivity index (χ4n) is 2.20. The molecule has 5 N–H and O–H groups in total. The third kappa shape index (κ3) is 7.81. The van der Waals surface area contributed by atoms with Gasteiger partial charge < -0.3 is 30.7 Å². The topological polar surface area (TPSA) is 99.2 Å². The molecule has 0 aromatic rings. The number of rotatable bonds is 2. The molecule has 2 atom stereocenters. The van der Waals surface area contributed by atoms with Gasteiger partial charge in [0.15, 0.2) is 5.79 Å². The number of hydrogen-bond donors (Lipinski definition) is 4. The van der Waals surface area contributed by atoms with Crippen LogP contribution >= 0.6 is 0 Å². The first kappa shape index (κ1) is 16.8. The van der Waals surface area contributed by atoms with Crippen molar-refractivity contribution < 1.29 is 20.1 Å². The minimum atomic E-state index is -1.50. The van der Waals surface area contributed by atoms with Crippen LogP contribution in [-0.2, 0) is 4.74 Å². The van der Waals surface area contributed by atoms with E-state index in [1.165, 1.54) is 13.8 Å². The molecule has 0 aliphatic carbocycles. The number of aliphatic hydroxyl groups excluding tert-OH is 1. The van der Waals surface area contributed by atoms with Crippen molar-refractivity contribution in [2.45, 2.75) is 57.1 Å². The van der Waals surface area contributed by atoms with Gasteiger partial charge in [-0.2, -0.15) is 0 Å². The van der Waals surface area contributed by atoms with Crippen LogP contribution in [0.15, 0.2) is 0 Å². The Hall–Kier alpha value is -0.240. The van der Waals surface area contributed by atoms with Crippen LogP contribution in [0.1, 0.15) is 33.1 Å². The average Bonchev–Trinajstić information content (AvgIpc) is 2.66. The second-order valence-electron chi connectivity index (χ2n) is 5.90. The maximum atomic E-state index is 9.60.